The molecule has 0 radical (unpaired) electrons. The molecule has 0 heterocycles. The smallest absolute Gasteiger partial charge is 0.331 e. The molecule has 0 amide bonds. The molecule has 0 spiro atoms. The van der Waals surface area contributed by atoms with Crippen molar-refractivity contribution in [3.63, 3.8) is 0 Å². The summed E-state index contributed by atoms with van der Waals surface area (Å²) >= 11 is 0. The normalized spacial score (nSPS) is 13.7. The Bertz CT molecular complexity index is 195. The molecule has 0 saturated carbocycles. The van der Waals surface area contributed by atoms with E-state index in [1.54, 1.807) is 0 Å². The second-order valence-electron chi connectivity index (χ2n) is 6.15. The van der Waals surface area contributed by atoms with Crippen LogP contribution >= 0.6 is 0 Å². The van der Waals surface area contributed by atoms with Crippen LogP contribution in [-0.4, -0.2) is 24.2 Å². The summed E-state index contributed by atoms with van der Waals surface area (Å²) < 4.78 is 0. The van der Waals surface area contributed by atoms with Gasteiger partial charge >= 0.3 is 8.56 Å². The van der Waals surface area contributed by atoms with E-state index in [4.69, 9.17) is 5.73 Å². The molecule has 19 heavy (non-hydrogen) atoms. The Kier molecular flexibility index (Phi) is 11.9. The van der Waals surface area contributed by atoms with Gasteiger partial charge in [0, 0.05) is 12.1 Å². The first-order valence-corrected chi connectivity index (χ1v) is 10.8. The third-order valence-corrected chi connectivity index (χ3v) is 4.88. The molecular weight excluding hydrogens is 254 g/mol. The molecule has 0 saturated heterocycles. The first-order valence-electron chi connectivity index (χ1n) is 8.16. The first kappa shape index (κ1) is 19.1. The standard InChI is InChI=1S/C15H35NO2Si/c1-3-4-5-6-7-8-9-10-11-12-13-15(16)14-19(2,17)18/h15,17-18H,3-14,16H2,1-2H3. The molecule has 3 nitrogen and oxygen atoms in total. The Morgan fingerprint density at radius 1 is 0.842 bits per heavy atom. The van der Waals surface area contributed by atoms with Crippen LogP contribution in [0.25, 0.3) is 0 Å². The fourth-order valence-electron chi connectivity index (χ4n) is 2.49. The van der Waals surface area contributed by atoms with Crippen molar-refractivity contribution in [2.45, 2.75) is 96.2 Å². The van der Waals surface area contributed by atoms with E-state index in [2.05, 4.69) is 6.92 Å². The Balaban J connectivity index is 3.18. The Labute approximate surface area is 120 Å². The van der Waals surface area contributed by atoms with Gasteiger partial charge in [-0.05, 0) is 13.0 Å². The minimum atomic E-state index is -2.94. The molecule has 1 unspecified atom stereocenters. The summed E-state index contributed by atoms with van der Waals surface area (Å²) in [5, 5.41) is 0. The highest BCUT2D eigenvalue weighted by molar-refractivity contribution is 6.63. The zero-order valence-corrected chi connectivity index (χ0v) is 14.0. The van der Waals surface area contributed by atoms with Crippen LogP contribution < -0.4 is 5.73 Å². The zero-order chi connectivity index (χ0) is 14.6. The Morgan fingerprint density at radius 2 is 1.26 bits per heavy atom. The summed E-state index contributed by atoms with van der Waals surface area (Å²) in [6, 6.07) is 0.380. The molecular formula is C15H35NO2Si. The number of unbranched alkanes of at least 4 members (excludes halogenated alkanes) is 9. The van der Waals surface area contributed by atoms with Crippen molar-refractivity contribution >= 4 is 8.56 Å². The summed E-state index contributed by atoms with van der Waals surface area (Å²) in [6.07, 6.45) is 14.2. The lowest BCUT2D eigenvalue weighted by Gasteiger charge is -2.17. The zero-order valence-electron chi connectivity index (χ0n) is 13.0. The third-order valence-electron chi connectivity index (χ3n) is 3.58. The summed E-state index contributed by atoms with van der Waals surface area (Å²) in [5.74, 6) is 0. The van der Waals surface area contributed by atoms with Crippen LogP contribution in [0, 0.1) is 0 Å². The first-order chi connectivity index (χ1) is 8.95. The van der Waals surface area contributed by atoms with Gasteiger partial charge in [-0.3, -0.25) is 0 Å². The van der Waals surface area contributed by atoms with E-state index in [9.17, 15) is 9.59 Å². The summed E-state index contributed by atoms with van der Waals surface area (Å²) in [4.78, 5) is 18.7. The van der Waals surface area contributed by atoms with E-state index < -0.39 is 8.56 Å². The van der Waals surface area contributed by atoms with Crippen LogP contribution in [0.15, 0.2) is 0 Å². The van der Waals surface area contributed by atoms with Gasteiger partial charge in [-0.15, -0.1) is 0 Å². The molecule has 4 heteroatoms. The molecule has 0 bridgehead atoms. The van der Waals surface area contributed by atoms with Crippen LogP contribution in [0.2, 0.25) is 12.6 Å². The van der Waals surface area contributed by atoms with Gasteiger partial charge in [0.1, 0.15) is 0 Å². The van der Waals surface area contributed by atoms with Crippen molar-refractivity contribution in [2.24, 2.45) is 5.73 Å². The molecule has 4 N–H and O–H groups in total. The van der Waals surface area contributed by atoms with Gasteiger partial charge in [0.25, 0.3) is 0 Å². The quantitative estimate of drug-likeness (QED) is 0.358. The van der Waals surface area contributed by atoms with E-state index in [1.807, 2.05) is 0 Å². The predicted molar refractivity (Wildman–Crippen MR) is 85.3 cm³/mol. The highest BCUT2D eigenvalue weighted by Crippen LogP contribution is 2.14. The summed E-state index contributed by atoms with van der Waals surface area (Å²) in [7, 11) is -2.94. The van der Waals surface area contributed by atoms with Crippen molar-refractivity contribution in [1.82, 2.24) is 0 Å². The van der Waals surface area contributed by atoms with Crippen LogP contribution in [0.4, 0.5) is 0 Å². The lowest BCUT2D eigenvalue weighted by Crippen LogP contribution is -2.38. The third kappa shape index (κ3) is 16.0. The van der Waals surface area contributed by atoms with Gasteiger partial charge in [-0.2, -0.15) is 0 Å². The lowest BCUT2D eigenvalue weighted by atomic mass is 10.0. The lowest BCUT2D eigenvalue weighted by molar-refractivity contribution is 0.359. The number of nitrogens with two attached hydrogens (primary N) is 1. The summed E-state index contributed by atoms with van der Waals surface area (Å²) in [5.41, 5.74) is 5.88. The van der Waals surface area contributed by atoms with E-state index in [0.29, 0.717) is 6.04 Å². The monoisotopic (exact) mass is 289 g/mol. The fraction of sp³-hybridized carbons (Fsp3) is 1.00. The highest BCUT2D eigenvalue weighted by atomic mass is 28.4. The van der Waals surface area contributed by atoms with E-state index in [-0.39, 0.29) is 6.04 Å². The predicted octanol–water partition coefficient (Wildman–Crippen LogP) is 3.68. The second-order valence-corrected chi connectivity index (χ2v) is 8.99. The van der Waals surface area contributed by atoms with Gasteiger partial charge in [0.2, 0.25) is 0 Å². The number of rotatable bonds is 13. The maximum atomic E-state index is 9.36. The molecule has 1 atom stereocenters. The van der Waals surface area contributed by atoms with Crippen molar-refractivity contribution in [1.29, 1.82) is 0 Å². The van der Waals surface area contributed by atoms with Crippen LogP contribution in [0.1, 0.15) is 77.6 Å². The van der Waals surface area contributed by atoms with E-state index in [0.717, 1.165) is 12.8 Å². The minimum Gasteiger partial charge on any atom is -0.411 e. The molecule has 0 aliphatic heterocycles. The van der Waals surface area contributed by atoms with E-state index in [1.165, 1.54) is 64.3 Å². The maximum absolute atomic E-state index is 9.36. The van der Waals surface area contributed by atoms with Gasteiger partial charge in [-0.25, -0.2) is 0 Å². The maximum Gasteiger partial charge on any atom is 0.331 e. The average molecular weight is 290 g/mol. The van der Waals surface area contributed by atoms with Crippen LogP contribution in [0.5, 0.6) is 0 Å². The molecule has 0 fully saturated rings. The van der Waals surface area contributed by atoms with Crippen LogP contribution in [0.3, 0.4) is 0 Å². The molecule has 0 aromatic heterocycles. The number of hydrogen-bond acceptors (Lipinski definition) is 3. The van der Waals surface area contributed by atoms with Gasteiger partial charge in [-0.1, -0.05) is 71.1 Å². The van der Waals surface area contributed by atoms with Crippen molar-refractivity contribution < 1.29 is 9.59 Å². The second kappa shape index (κ2) is 11.9. The SMILES string of the molecule is CCCCCCCCCCCCC(N)C[Si](C)(O)O. The highest BCUT2D eigenvalue weighted by Gasteiger charge is 2.24. The van der Waals surface area contributed by atoms with Gasteiger partial charge in [0.15, 0.2) is 0 Å². The van der Waals surface area contributed by atoms with E-state index >= 15 is 0 Å². The molecule has 116 valence electrons. The largest absolute Gasteiger partial charge is 0.411 e. The molecule has 0 aliphatic rings. The average Bonchev–Trinajstić information content (AvgIpc) is 2.29. The minimum absolute atomic E-state index is 0.0271. The molecule has 0 rings (SSSR count). The Hall–Kier alpha value is 0.0969. The molecule has 0 aliphatic carbocycles. The molecule has 0 aromatic carbocycles. The van der Waals surface area contributed by atoms with Gasteiger partial charge < -0.3 is 15.3 Å². The van der Waals surface area contributed by atoms with Gasteiger partial charge in [0.05, 0.1) is 0 Å². The molecule has 0 aromatic rings. The Morgan fingerprint density at radius 3 is 1.68 bits per heavy atom. The topological polar surface area (TPSA) is 66.5 Å². The van der Waals surface area contributed by atoms with Crippen molar-refractivity contribution in [2.75, 3.05) is 0 Å². The summed E-state index contributed by atoms with van der Waals surface area (Å²) in [6.45, 7) is 3.79. The van der Waals surface area contributed by atoms with Crippen LogP contribution in [-0.2, 0) is 0 Å². The fourth-order valence-corrected chi connectivity index (χ4v) is 3.69. The number of hydrogen-bond donors (Lipinski definition) is 3. The van der Waals surface area contributed by atoms with Crippen molar-refractivity contribution in [3.8, 4) is 0 Å². The van der Waals surface area contributed by atoms with Crippen molar-refractivity contribution in [3.05, 3.63) is 0 Å².